The van der Waals surface area contributed by atoms with Crippen LogP contribution in [0.5, 0.6) is 0 Å². The Labute approximate surface area is 94.8 Å². The molecule has 1 atom stereocenters. The number of ether oxygens (including phenoxy) is 2. The molecule has 1 aliphatic rings. The number of rotatable bonds is 2. The number of amides is 1. The predicted molar refractivity (Wildman–Crippen MR) is 57.3 cm³/mol. The summed E-state index contributed by atoms with van der Waals surface area (Å²) in [6.07, 6.45) is -0.723. The third kappa shape index (κ3) is 2.56. The fraction of sp³-hybridized carbons (Fsp3) is 0.900. The first-order valence-electron chi connectivity index (χ1n) is 5.12. The summed E-state index contributed by atoms with van der Waals surface area (Å²) in [5.41, 5.74) is -0.481. The van der Waals surface area contributed by atoms with Crippen LogP contribution in [0.2, 0.25) is 0 Å². The molecule has 0 aromatic carbocycles. The van der Waals surface area contributed by atoms with Crippen LogP contribution in [0.15, 0.2) is 5.29 Å². The number of nitrogens with zero attached hydrogens (tertiary/aromatic N) is 2. The first kappa shape index (κ1) is 13.1. The molecule has 0 radical (unpaired) electrons. The Bertz CT molecular complexity index is 301. The van der Waals surface area contributed by atoms with Gasteiger partial charge in [0.15, 0.2) is 5.79 Å². The summed E-state index contributed by atoms with van der Waals surface area (Å²) in [7, 11) is 1.32. The summed E-state index contributed by atoms with van der Waals surface area (Å²) in [6.45, 7) is 7.56. The number of nitroso groups, excluding NO2 is 1. The minimum absolute atomic E-state index is 0.392. The van der Waals surface area contributed by atoms with E-state index in [4.69, 9.17) is 9.47 Å². The van der Waals surface area contributed by atoms with Gasteiger partial charge in [-0.3, -0.25) is 4.79 Å². The van der Waals surface area contributed by atoms with E-state index >= 15 is 0 Å². The van der Waals surface area contributed by atoms with Crippen LogP contribution in [0.3, 0.4) is 0 Å². The Kier molecular flexibility index (Phi) is 3.35. The largest absolute Gasteiger partial charge is 0.350 e. The summed E-state index contributed by atoms with van der Waals surface area (Å²) in [5.74, 6) is -1.27. The van der Waals surface area contributed by atoms with Crippen LogP contribution >= 0.6 is 0 Å². The average molecular weight is 230 g/mol. The van der Waals surface area contributed by atoms with Crippen LogP contribution < -0.4 is 0 Å². The third-order valence-corrected chi connectivity index (χ3v) is 2.57. The fourth-order valence-electron chi connectivity index (χ4n) is 1.51. The van der Waals surface area contributed by atoms with Gasteiger partial charge in [-0.15, -0.1) is 4.91 Å². The molecule has 92 valence electrons. The van der Waals surface area contributed by atoms with E-state index in [1.165, 1.54) is 7.05 Å². The van der Waals surface area contributed by atoms with Crippen molar-refractivity contribution in [1.82, 2.24) is 5.01 Å². The van der Waals surface area contributed by atoms with Gasteiger partial charge in [0.05, 0.1) is 11.9 Å². The molecule has 0 bridgehead atoms. The van der Waals surface area contributed by atoms with Gasteiger partial charge in [-0.1, -0.05) is 13.8 Å². The van der Waals surface area contributed by atoms with Crippen molar-refractivity contribution in [2.75, 3.05) is 13.7 Å². The molecular weight excluding hydrogens is 212 g/mol. The molecule has 1 heterocycles. The van der Waals surface area contributed by atoms with Crippen LogP contribution in [0.4, 0.5) is 0 Å². The van der Waals surface area contributed by atoms with E-state index in [9.17, 15) is 9.70 Å². The van der Waals surface area contributed by atoms with Gasteiger partial charge in [0, 0.05) is 12.5 Å². The van der Waals surface area contributed by atoms with Gasteiger partial charge in [-0.25, -0.2) is 0 Å². The zero-order valence-electron chi connectivity index (χ0n) is 10.3. The van der Waals surface area contributed by atoms with Crippen molar-refractivity contribution < 1.29 is 14.3 Å². The van der Waals surface area contributed by atoms with Crippen LogP contribution in [0.25, 0.3) is 0 Å². The lowest BCUT2D eigenvalue weighted by Crippen LogP contribution is -2.56. The molecule has 6 nitrogen and oxygen atoms in total. The molecule has 1 rings (SSSR count). The molecule has 6 heteroatoms. The third-order valence-electron chi connectivity index (χ3n) is 2.57. The summed E-state index contributed by atoms with van der Waals surface area (Å²) >= 11 is 0. The van der Waals surface area contributed by atoms with E-state index in [1.807, 2.05) is 13.8 Å². The second-order valence-corrected chi connectivity index (χ2v) is 5.12. The van der Waals surface area contributed by atoms with Crippen molar-refractivity contribution in [3.63, 3.8) is 0 Å². The first-order valence-corrected chi connectivity index (χ1v) is 5.12. The zero-order valence-corrected chi connectivity index (χ0v) is 10.3. The minimum Gasteiger partial charge on any atom is -0.350 e. The Morgan fingerprint density at radius 2 is 1.94 bits per heavy atom. The highest BCUT2D eigenvalue weighted by Gasteiger charge is 2.46. The van der Waals surface area contributed by atoms with E-state index in [0.29, 0.717) is 6.61 Å². The second-order valence-electron chi connectivity index (χ2n) is 5.12. The van der Waals surface area contributed by atoms with Crippen LogP contribution in [-0.4, -0.2) is 36.5 Å². The smallest absolute Gasteiger partial charge is 0.274 e. The molecule has 0 aliphatic carbocycles. The maximum absolute atomic E-state index is 11.9. The van der Waals surface area contributed by atoms with Gasteiger partial charge in [-0.05, 0) is 13.8 Å². The summed E-state index contributed by atoms with van der Waals surface area (Å²) in [4.78, 5) is 22.2. The highest BCUT2D eigenvalue weighted by Crippen LogP contribution is 2.35. The van der Waals surface area contributed by atoms with Gasteiger partial charge >= 0.3 is 0 Å². The molecule has 0 aromatic rings. The van der Waals surface area contributed by atoms with E-state index < -0.39 is 23.2 Å². The molecule has 1 saturated heterocycles. The zero-order chi connectivity index (χ0) is 12.6. The lowest BCUT2D eigenvalue weighted by Gasteiger charge is -2.45. The molecule has 0 aromatic heterocycles. The van der Waals surface area contributed by atoms with Crippen molar-refractivity contribution in [3.05, 3.63) is 4.91 Å². The standard InChI is InChI=1S/C10H18N2O4/c1-9(2)6-15-10(3,4)16-7(9)8(13)12(5)11-14/h7H,6H2,1-5H3. The second kappa shape index (κ2) is 4.10. The first-order chi connectivity index (χ1) is 7.19. The monoisotopic (exact) mass is 230 g/mol. The number of hydrogen-bond donors (Lipinski definition) is 0. The van der Waals surface area contributed by atoms with Gasteiger partial charge in [-0.2, -0.15) is 5.01 Å². The highest BCUT2D eigenvalue weighted by molar-refractivity contribution is 5.81. The maximum atomic E-state index is 11.9. The normalized spacial score (nSPS) is 27.2. The molecule has 1 amide bonds. The van der Waals surface area contributed by atoms with E-state index in [1.54, 1.807) is 13.8 Å². The molecular formula is C10H18N2O4. The van der Waals surface area contributed by atoms with Crippen molar-refractivity contribution in [2.45, 2.75) is 39.6 Å². The van der Waals surface area contributed by atoms with E-state index in [-0.39, 0.29) is 0 Å². The summed E-state index contributed by atoms with van der Waals surface area (Å²) in [6, 6.07) is 0. The van der Waals surface area contributed by atoms with Crippen molar-refractivity contribution in [3.8, 4) is 0 Å². The molecule has 16 heavy (non-hydrogen) atoms. The van der Waals surface area contributed by atoms with Crippen LogP contribution in [-0.2, 0) is 14.3 Å². The highest BCUT2D eigenvalue weighted by atomic mass is 16.7. The molecule has 0 spiro atoms. The quantitative estimate of drug-likeness (QED) is 0.529. The van der Waals surface area contributed by atoms with Crippen molar-refractivity contribution in [1.29, 1.82) is 0 Å². The molecule has 1 aliphatic heterocycles. The van der Waals surface area contributed by atoms with E-state index in [0.717, 1.165) is 5.01 Å². The lowest BCUT2D eigenvalue weighted by atomic mass is 9.85. The molecule has 1 unspecified atom stereocenters. The SMILES string of the molecule is CN(N=O)C(=O)C1OC(C)(C)OCC1(C)C. The summed E-state index contributed by atoms with van der Waals surface area (Å²) in [5, 5.41) is 3.35. The van der Waals surface area contributed by atoms with Crippen molar-refractivity contribution >= 4 is 5.91 Å². The Morgan fingerprint density at radius 3 is 2.44 bits per heavy atom. The minimum atomic E-state index is -0.820. The molecule has 1 fully saturated rings. The van der Waals surface area contributed by atoms with Gasteiger partial charge in [0.1, 0.15) is 6.10 Å². The lowest BCUT2D eigenvalue weighted by molar-refractivity contribution is -0.306. The van der Waals surface area contributed by atoms with E-state index in [2.05, 4.69) is 5.29 Å². The Hall–Kier alpha value is -1.01. The Morgan fingerprint density at radius 1 is 1.38 bits per heavy atom. The van der Waals surface area contributed by atoms with Crippen molar-refractivity contribution in [2.24, 2.45) is 10.7 Å². The number of carbonyl (C=O) groups is 1. The maximum Gasteiger partial charge on any atom is 0.274 e. The fourth-order valence-corrected chi connectivity index (χ4v) is 1.51. The van der Waals surface area contributed by atoms with Gasteiger partial charge in [0.2, 0.25) is 0 Å². The topological polar surface area (TPSA) is 68.2 Å². The molecule has 0 N–H and O–H groups in total. The van der Waals surface area contributed by atoms with Gasteiger partial charge < -0.3 is 9.47 Å². The Balaban J connectivity index is 2.89. The number of likely N-dealkylation sites (N-methyl/N-ethyl adjacent to an activating group) is 1. The predicted octanol–water partition coefficient (Wildman–Crippen LogP) is 1.30. The van der Waals surface area contributed by atoms with Crippen LogP contribution in [0, 0.1) is 10.3 Å². The van der Waals surface area contributed by atoms with Gasteiger partial charge in [0.25, 0.3) is 5.91 Å². The summed E-state index contributed by atoms with van der Waals surface area (Å²) < 4.78 is 11.0. The number of hydrogen-bond acceptors (Lipinski definition) is 5. The number of carbonyl (C=O) groups excluding carboxylic acids is 1. The average Bonchev–Trinajstić information content (AvgIpc) is 2.20. The van der Waals surface area contributed by atoms with Crippen LogP contribution in [0.1, 0.15) is 27.7 Å². The molecule has 0 saturated carbocycles.